The summed E-state index contributed by atoms with van der Waals surface area (Å²) in [6.07, 6.45) is 3.60. The molecule has 0 amide bonds. The van der Waals surface area contributed by atoms with Crippen LogP contribution in [0.3, 0.4) is 0 Å². The lowest BCUT2D eigenvalue weighted by Gasteiger charge is -2.23. The molecule has 1 nitrogen and oxygen atoms in total. The monoisotopic (exact) mass is 225 g/mol. The number of nitrogens with two attached hydrogens (primary N) is 1. The van der Waals surface area contributed by atoms with Crippen molar-refractivity contribution in [3.63, 3.8) is 0 Å². The molecule has 0 radical (unpaired) electrons. The summed E-state index contributed by atoms with van der Waals surface area (Å²) in [4.78, 5) is 0. The second-order valence-corrected chi connectivity index (χ2v) is 4.61. The fourth-order valence-corrected chi connectivity index (χ4v) is 2.21. The van der Waals surface area contributed by atoms with Crippen molar-refractivity contribution in [2.45, 2.75) is 45.1 Å². The van der Waals surface area contributed by atoms with Crippen molar-refractivity contribution in [1.29, 1.82) is 0 Å². The fourth-order valence-electron chi connectivity index (χ4n) is 2.21. The van der Waals surface area contributed by atoms with Gasteiger partial charge in [0.15, 0.2) is 0 Å². The van der Waals surface area contributed by atoms with Gasteiger partial charge in [-0.3, -0.25) is 0 Å². The van der Waals surface area contributed by atoms with Crippen molar-refractivity contribution < 1.29 is 0 Å². The number of benzene rings is 1. The van der Waals surface area contributed by atoms with Crippen LogP contribution >= 0.6 is 12.4 Å². The summed E-state index contributed by atoms with van der Waals surface area (Å²) < 4.78 is 0. The van der Waals surface area contributed by atoms with Crippen LogP contribution < -0.4 is 5.73 Å². The number of rotatable bonds is 1. The Bertz CT molecular complexity index is 333. The van der Waals surface area contributed by atoms with Crippen molar-refractivity contribution in [1.82, 2.24) is 0 Å². The van der Waals surface area contributed by atoms with E-state index in [2.05, 4.69) is 32.0 Å². The Labute approximate surface area is 98.5 Å². The highest BCUT2D eigenvalue weighted by molar-refractivity contribution is 5.85. The molecular formula is C13H20ClN. The Morgan fingerprint density at radius 2 is 2.07 bits per heavy atom. The Morgan fingerprint density at radius 1 is 1.33 bits per heavy atom. The third kappa shape index (κ3) is 2.53. The first-order valence-electron chi connectivity index (χ1n) is 5.57. The van der Waals surface area contributed by atoms with Crippen molar-refractivity contribution in [2.24, 2.45) is 5.73 Å². The minimum absolute atomic E-state index is 0. The summed E-state index contributed by atoms with van der Waals surface area (Å²) in [5.41, 5.74) is 10.4. The standard InChI is InChI=1S/C13H19N.ClH/c1-9(2)11-7-6-10-4-3-5-13(14)12(10)8-11;/h6-9,13H,3-5,14H2,1-2H3;1H/t13-;/m0./s1. The molecule has 2 N–H and O–H groups in total. The number of hydrogen-bond donors (Lipinski definition) is 1. The fraction of sp³-hybridized carbons (Fsp3) is 0.538. The van der Waals surface area contributed by atoms with E-state index in [0.717, 1.165) is 6.42 Å². The summed E-state index contributed by atoms with van der Waals surface area (Å²) >= 11 is 0. The van der Waals surface area contributed by atoms with Gasteiger partial charge >= 0.3 is 0 Å². The molecule has 1 atom stereocenters. The quantitative estimate of drug-likeness (QED) is 0.777. The van der Waals surface area contributed by atoms with Gasteiger partial charge in [-0.15, -0.1) is 12.4 Å². The van der Waals surface area contributed by atoms with E-state index < -0.39 is 0 Å². The van der Waals surface area contributed by atoms with E-state index in [1.54, 1.807) is 0 Å². The third-order valence-corrected chi connectivity index (χ3v) is 3.20. The molecule has 0 aromatic heterocycles. The van der Waals surface area contributed by atoms with Gasteiger partial charge in [0.1, 0.15) is 0 Å². The topological polar surface area (TPSA) is 26.0 Å². The molecule has 2 heteroatoms. The summed E-state index contributed by atoms with van der Waals surface area (Å²) in [5.74, 6) is 0.606. The van der Waals surface area contributed by atoms with E-state index in [4.69, 9.17) is 5.73 Å². The van der Waals surface area contributed by atoms with E-state index in [0.29, 0.717) is 5.92 Å². The van der Waals surface area contributed by atoms with E-state index in [9.17, 15) is 0 Å². The Morgan fingerprint density at radius 3 is 2.73 bits per heavy atom. The Hall–Kier alpha value is -0.530. The van der Waals surface area contributed by atoms with Crippen molar-refractivity contribution >= 4 is 12.4 Å². The highest BCUT2D eigenvalue weighted by atomic mass is 35.5. The zero-order valence-corrected chi connectivity index (χ0v) is 10.3. The van der Waals surface area contributed by atoms with Gasteiger partial charge in [0, 0.05) is 6.04 Å². The first-order valence-corrected chi connectivity index (χ1v) is 5.57. The van der Waals surface area contributed by atoms with Gasteiger partial charge in [0.2, 0.25) is 0 Å². The van der Waals surface area contributed by atoms with E-state index in [1.165, 1.54) is 29.5 Å². The molecule has 0 heterocycles. The molecule has 1 aromatic rings. The first-order chi connectivity index (χ1) is 6.68. The largest absolute Gasteiger partial charge is 0.324 e. The SMILES string of the molecule is CC(C)c1ccc2c(c1)[C@@H](N)CCC2.Cl. The molecule has 0 fully saturated rings. The van der Waals surface area contributed by atoms with Crippen LogP contribution in [0.4, 0.5) is 0 Å². The molecule has 1 aliphatic carbocycles. The minimum Gasteiger partial charge on any atom is -0.324 e. The molecule has 2 rings (SSSR count). The summed E-state index contributed by atoms with van der Waals surface area (Å²) in [6.45, 7) is 4.46. The molecule has 0 bridgehead atoms. The average Bonchev–Trinajstić information content (AvgIpc) is 2.18. The first kappa shape index (κ1) is 12.5. The lowest BCUT2D eigenvalue weighted by Crippen LogP contribution is -2.17. The molecule has 84 valence electrons. The highest BCUT2D eigenvalue weighted by Gasteiger charge is 2.17. The van der Waals surface area contributed by atoms with Crippen molar-refractivity contribution in [3.8, 4) is 0 Å². The smallest absolute Gasteiger partial charge is 0.0297 e. The second kappa shape index (κ2) is 5.00. The zero-order chi connectivity index (χ0) is 10.1. The van der Waals surface area contributed by atoms with Gasteiger partial charge in [-0.05, 0) is 41.9 Å². The van der Waals surface area contributed by atoms with Crippen LogP contribution in [0.2, 0.25) is 0 Å². The van der Waals surface area contributed by atoms with E-state index >= 15 is 0 Å². The summed E-state index contributed by atoms with van der Waals surface area (Å²) in [5, 5.41) is 0. The summed E-state index contributed by atoms with van der Waals surface area (Å²) in [7, 11) is 0. The van der Waals surface area contributed by atoms with Gasteiger partial charge in [-0.2, -0.15) is 0 Å². The van der Waals surface area contributed by atoms with Crippen LogP contribution in [0.15, 0.2) is 18.2 Å². The van der Waals surface area contributed by atoms with Crippen LogP contribution in [0.1, 0.15) is 55.3 Å². The van der Waals surface area contributed by atoms with Gasteiger partial charge in [0.25, 0.3) is 0 Å². The molecule has 0 spiro atoms. The predicted octanol–water partition coefficient (Wildman–Crippen LogP) is 3.57. The molecule has 0 aliphatic heterocycles. The van der Waals surface area contributed by atoms with Crippen molar-refractivity contribution in [2.75, 3.05) is 0 Å². The average molecular weight is 226 g/mol. The summed E-state index contributed by atoms with van der Waals surface area (Å²) in [6, 6.07) is 7.10. The molecule has 0 unspecified atom stereocenters. The molecular weight excluding hydrogens is 206 g/mol. The van der Waals surface area contributed by atoms with Gasteiger partial charge in [0.05, 0.1) is 0 Å². The van der Waals surface area contributed by atoms with Crippen LogP contribution in [-0.4, -0.2) is 0 Å². The zero-order valence-electron chi connectivity index (χ0n) is 9.49. The minimum atomic E-state index is 0. The van der Waals surface area contributed by atoms with Gasteiger partial charge in [-0.1, -0.05) is 32.0 Å². The van der Waals surface area contributed by atoms with Crippen LogP contribution in [-0.2, 0) is 6.42 Å². The highest BCUT2D eigenvalue weighted by Crippen LogP contribution is 2.30. The van der Waals surface area contributed by atoms with Gasteiger partial charge in [-0.25, -0.2) is 0 Å². The van der Waals surface area contributed by atoms with Gasteiger partial charge < -0.3 is 5.73 Å². The number of hydrogen-bond acceptors (Lipinski definition) is 1. The Balaban J connectivity index is 0.00000112. The van der Waals surface area contributed by atoms with Crippen LogP contribution in [0.5, 0.6) is 0 Å². The van der Waals surface area contributed by atoms with E-state index in [1.807, 2.05) is 0 Å². The van der Waals surface area contributed by atoms with Crippen molar-refractivity contribution in [3.05, 3.63) is 34.9 Å². The van der Waals surface area contributed by atoms with Crippen LogP contribution in [0.25, 0.3) is 0 Å². The molecule has 15 heavy (non-hydrogen) atoms. The van der Waals surface area contributed by atoms with E-state index in [-0.39, 0.29) is 18.4 Å². The Kier molecular flexibility index (Phi) is 4.18. The molecule has 1 aromatic carbocycles. The maximum absolute atomic E-state index is 6.12. The maximum atomic E-state index is 6.12. The molecule has 0 saturated carbocycles. The molecule has 0 saturated heterocycles. The number of aryl methyl sites for hydroxylation is 1. The normalized spacial score (nSPS) is 19.6. The lowest BCUT2D eigenvalue weighted by atomic mass is 9.85. The van der Waals surface area contributed by atoms with Crippen LogP contribution in [0, 0.1) is 0 Å². The second-order valence-electron chi connectivity index (χ2n) is 4.61. The number of fused-ring (bicyclic) bond motifs is 1. The maximum Gasteiger partial charge on any atom is 0.0297 e. The lowest BCUT2D eigenvalue weighted by molar-refractivity contribution is 0.569. The predicted molar refractivity (Wildman–Crippen MR) is 67.6 cm³/mol. The molecule has 1 aliphatic rings. The third-order valence-electron chi connectivity index (χ3n) is 3.20. The number of halogens is 1.